The third-order valence-electron chi connectivity index (χ3n) is 3.69. The van der Waals surface area contributed by atoms with Crippen LogP contribution in [0.1, 0.15) is 32.2 Å². The molecule has 0 saturated heterocycles. The van der Waals surface area contributed by atoms with Gasteiger partial charge in [-0.1, -0.05) is 18.2 Å². The number of aryl methyl sites for hydroxylation is 2. The first-order valence-corrected chi connectivity index (χ1v) is 8.32. The van der Waals surface area contributed by atoms with Crippen molar-refractivity contribution >= 4 is 6.09 Å². The van der Waals surface area contributed by atoms with E-state index < -0.39 is 11.7 Å². The number of ether oxygens (including phenoxy) is 1. The van der Waals surface area contributed by atoms with Crippen LogP contribution >= 0.6 is 0 Å². The quantitative estimate of drug-likeness (QED) is 0.756. The van der Waals surface area contributed by atoms with E-state index in [1.165, 1.54) is 9.36 Å². The van der Waals surface area contributed by atoms with Gasteiger partial charge in [0.1, 0.15) is 5.60 Å². The number of rotatable bonds is 2. The minimum absolute atomic E-state index is 0.0570. The maximum Gasteiger partial charge on any atom is 0.435 e. The van der Waals surface area contributed by atoms with Gasteiger partial charge in [0.25, 0.3) is 0 Å². The lowest BCUT2D eigenvalue weighted by atomic mass is 10.1. The summed E-state index contributed by atoms with van der Waals surface area (Å²) in [6, 6.07) is 11.0. The topological polar surface area (TPSA) is 82.2 Å². The van der Waals surface area contributed by atoms with E-state index in [1.54, 1.807) is 40.7 Å². The van der Waals surface area contributed by atoms with Crippen molar-refractivity contribution in [2.24, 2.45) is 0 Å². The van der Waals surface area contributed by atoms with Crippen LogP contribution in [-0.4, -0.2) is 36.4 Å². The number of para-hydroxylation sites is 1. The van der Waals surface area contributed by atoms with E-state index in [1.807, 2.05) is 30.3 Å². The van der Waals surface area contributed by atoms with Crippen molar-refractivity contribution in [1.29, 1.82) is 0 Å². The third-order valence-corrected chi connectivity index (χ3v) is 3.69. The van der Waals surface area contributed by atoms with E-state index >= 15 is 0 Å². The van der Waals surface area contributed by atoms with E-state index in [0.29, 0.717) is 22.6 Å². The summed E-state index contributed by atoms with van der Waals surface area (Å²) in [5, 5.41) is 19.4. The highest BCUT2D eigenvalue weighted by molar-refractivity contribution is 5.80. The monoisotopic (exact) mass is 354 g/mol. The molecule has 0 bridgehead atoms. The van der Waals surface area contributed by atoms with Gasteiger partial charge in [0.2, 0.25) is 5.88 Å². The minimum atomic E-state index is -0.653. The average molecular weight is 354 g/mol. The SMILES string of the molecule is Cc1cc(-c2c(C)nn(-c3ccccc3)c2O)n(C(=O)OC(C)(C)C)n1. The van der Waals surface area contributed by atoms with Crippen LogP contribution in [0.5, 0.6) is 5.88 Å². The number of hydrogen-bond acceptors (Lipinski definition) is 5. The molecule has 1 N–H and O–H groups in total. The van der Waals surface area contributed by atoms with Crippen LogP contribution in [-0.2, 0) is 4.74 Å². The van der Waals surface area contributed by atoms with Gasteiger partial charge in [0.05, 0.1) is 28.3 Å². The maximum absolute atomic E-state index is 12.5. The summed E-state index contributed by atoms with van der Waals surface area (Å²) in [6.45, 7) is 8.92. The standard InChI is InChI=1S/C19H22N4O3/c1-12-11-15(23(20-12)18(25)26-19(3,4)5)16-13(2)21-22(17(16)24)14-9-7-6-8-10-14/h6-11,24H,1-5H3. The molecule has 0 radical (unpaired) electrons. The number of aromatic nitrogens is 4. The zero-order valence-electron chi connectivity index (χ0n) is 15.5. The van der Waals surface area contributed by atoms with Crippen molar-refractivity contribution < 1.29 is 14.6 Å². The second-order valence-corrected chi connectivity index (χ2v) is 7.09. The highest BCUT2D eigenvalue weighted by Crippen LogP contribution is 2.34. The van der Waals surface area contributed by atoms with E-state index in [4.69, 9.17) is 4.74 Å². The molecule has 0 atom stereocenters. The maximum atomic E-state index is 12.5. The highest BCUT2D eigenvalue weighted by Gasteiger charge is 2.26. The Kier molecular flexibility index (Phi) is 4.31. The molecule has 26 heavy (non-hydrogen) atoms. The van der Waals surface area contributed by atoms with Crippen molar-refractivity contribution in [3.05, 3.63) is 47.8 Å². The first-order chi connectivity index (χ1) is 12.2. The number of benzene rings is 1. The molecular formula is C19H22N4O3. The number of nitrogens with zero attached hydrogens (tertiary/aromatic N) is 4. The Balaban J connectivity index is 2.11. The van der Waals surface area contributed by atoms with Gasteiger partial charge in [-0.3, -0.25) is 0 Å². The molecule has 0 saturated carbocycles. The van der Waals surface area contributed by atoms with E-state index in [2.05, 4.69) is 10.2 Å². The molecule has 136 valence electrons. The number of hydrogen-bond donors (Lipinski definition) is 1. The van der Waals surface area contributed by atoms with Crippen LogP contribution in [0.3, 0.4) is 0 Å². The Morgan fingerprint density at radius 3 is 2.38 bits per heavy atom. The Morgan fingerprint density at radius 2 is 1.77 bits per heavy atom. The van der Waals surface area contributed by atoms with Crippen LogP contribution in [0.2, 0.25) is 0 Å². The van der Waals surface area contributed by atoms with E-state index in [9.17, 15) is 9.90 Å². The lowest BCUT2D eigenvalue weighted by molar-refractivity contribution is 0.0517. The van der Waals surface area contributed by atoms with E-state index in [-0.39, 0.29) is 5.88 Å². The largest absolute Gasteiger partial charge is 0.493 e. The van der Waals surface area contributed by atoms with Crippen LogP contribution < -0.4 is 0 Å². The summed E-state index contributed by atoms with van der Waals surface area (Å²) in [7, 11) is 0. The van der Waals surface area contributed by atoms with Crippen molar-refractivity contribution in [2.75, 3.05) is 0 Å². The predicted molar refractivity (Wildman–Crippen MR) is 97.6 cm³/mol. The van der Waals surface area contributed by atoms with Crippen LogP contribution in [0, 0.1) is 13.8 Å². The summed E-state index contributed by atoms with van der Waals surface area (Å²) in [4.78, 5) is 12.5. The smallest absolute Gasteiger partial charge is 0.435 e. The van der Waals surface area contributed by atoms with Gasteiger partial charge < -0.3 is 9.84 Å². The van der Waals surface area contributed by atoms with E-state index in [0.717, 1.165) is 5.69 Å². The van der Waals surface area contributed by atoms with Crippen molar-refractivity contribution in [3.63, 3.8) is 0 Å². The Labute approximate surface area is 151 Å². The molecule has 0 aliphatic carbocycles. The number of aromatic hydroxyl groups is 1. The number of carbonyl (C=O) groups is 1. The first kappa shape index (κ1) is 17.7. The summed E-state index contributed by atoms with van der Waals surface area (Å²) in [6.07, 6.45) is -0.605. The highest BCUT2D eigenvalue weighted by atomic mass is 16.6. The predicted octanol–water partition coefficient (Wildman–Crippen LogP) is 3.84. The van der Waals surface area contributed by atoms with Crippen molar-refractivity contribution in [3.8, 4) is 22.8 Å². The summed E-state index contributed by atoms with van der Waals surface area (Å²) in [5.74, 6) is -0.0570. The fraction of sp³-hybridized carbons (Fsp3) is 0.316. The van der Waals surface area contributed by atoms with Gasteiger partial charge >= 0.3 is 6.09 Å². The van der Waals surface area contributed by atoms with Crippen LogP contribution in [0.15, 0.2) is 36.4 Å². The van der Waals surface area contributed by atoms with Gasteiger partial charge in [0.15, 0.2) is 0 Å². The molecule has 7 nitrogen and oxygen atoms in total. The molecule has 2 heterocycles. The third kappa shape index (κ3) is 3.33. The Morgan fingerprint density at radius 1 is 1.12 bits per heavy atom. The van der Waals surface area contributed by atoms with Crippen molar-refractivity contribution in [1.82, 2.24) is 19.6 Å². The van der Waals surface area contributed by atoms with Gasteiger partial charge in [-0.05, 0) is 52.8 Å². The van der Waals surface area contributed by atoms with Gasteiger partial charge in [-0.2, -0.15) is 14.9 Å². The Bertz CT molecular complexity index is 949. The number of carbonyl (C=O) groups excluding carboxylic acids is 1. The molecule has 0 spiro atoms. The summed E-state index contributed by atoms with van der Waals surface area (Å²) < 4.78 is 8.03. The van der Waals surface area contributed by atoms with Crippen LogP contribution in [0.4, 0.5) is 4.79 Å². The molecule has 0 amide bonds. The molecular weight excluding hydrogens is 332 g/mol. The average Bonchev–Trinajstić information content (AvgIpc) is 3.06. The first-order valence-electron chi connectivity index (χ1n) is 8.32. The van der Waals surface area contributed by atoms with Gasteiger partial charge in [0, 0.05) is 0 Å². The molecule has 3 rings (SSSR count). The molecule has 1 aromatic carbocycles. The second-order valence-electron chi connectivity index (χ2n) is 7.09. The molecule has 7 heteroatoms. The fourth-order valence-corrected chi connectivity index (χ4v) is 2.69. The summed E-state index contributed by atoms with van der Waals surface area (Å²) in [5.41, 5.74) is 2.17. The van der Waals surface area contributed by atoms with Gasteiger partial charge in [-0.25, -0.2) is 9.48 Å². The molecule has 0 unspecified atom stereocenters. The zero-order valence-corrected chi connectivity index (χ0v) is 15.5. The fourth-order valence-electron chi connectivity index (χ4n) is 2.69. The lowest BCUT2D eigenvalue weighted by Crippen LogP contribution is -2.28. The van der Waals surface area contributed by atoms with Crippen molar-refractivity contribution in [2.45, 2.75) is 40.2 Å². The van der Waals surface area contributed by atoms with Gasteiger partial charge in [-0.15, -0.1) is 0 Å². The molecule has 2 aromatic heterocycles. The molecule has 0 aliphatic rings. The minimum Gasteiger partial charge on any atom is -0.493 e. The second kappa shape index (κ2) is 6.33. The lowest BCUT2D eigenvalue weighted by Gasteiger charge is -2.19. The summed E-state index contributed by atoms with van der Waals surface area (Å²) >= 11 is 0. The molecule has 3 aromatic rings. The normalized spacial score (nSPS) is 11.6. The molecule has 0 fully saturated rings. The molecule has 0 aliphatic heterocycles. The van der Waals surface area contributed by atoms with Crippen LogP contribution in [0.25, 0.3) is 16.9 Å². The zero-order chi connectivity index (χ0) is 19.1. The Hall–Kier alpha value is -3.09.